The molecule has 0 spiro atoms. The van der Waals surface area contributed by atoms with Crippen LogP contribution in [-0.4, -0.2) is 9.97 Å². The van der Waals surface area contributed by atoms with Crippen molar-refractivity contribution in [3.63, 3.8) is 0 Å². The molecule has 0 unspecified atom stereocenters. The summed E-state index contributed by atoms with van der Waals surface area (Å²) in [4.78, 5) is 9.83. The Morgan fingerprint density at radius 2 is 2.24 bits per heavy atom. The van der Waals surface area contributed by atoms with E-state index in [0.717, 1.165) is 22.6 Å². The summed E-state index contributed by atoms with van der Waals surface area (Å²) in [6, 6.07) is 1.85. The highest BCUT2D eigenvalue weighted by Crippen LogP contribution is 2.29. The van der Waals surface area contributed by atoms with Crippen molar-refractivity contribution in [2.75, 3.05) is 5.43 Å². The van der Waals surface area contributed by atoms with Gasteiger partial charge in [0.05, 0.1) is 9.90 Å². The van der Waals surface area contributed by atoms with Crippen LogP contribution in [0.2, 0.25) is 5.02 Å². The van der Waals surface area contributed by atoms with Crippen LogP contribution >= 0.6 is 22.9 Å². The number of aromatic nitrogens is 2. The van der Waals surface area contributed by atoms with Gasteiger partial charge in [0.1, 0.15) is 5.82 Å². The summed E-state index contributed by atoms with van der Waals surface area (Å²) in [7, 11) is 0. The number of rotatable bonds is 3. The summed E-state index contributed by atoms with van der Waals surface area (Å²) in [5.74, 6) is 6.82. The molecule has 0 saturated heterocycles. The molecule has 3 N–H and O–H groups in total. The number of halogens is 1. The number of hydrogen-bond acceptors (Lipinski definition) is 5. The van der Waals surface area contributed by atoms with Gasteiger partial charge < -0.3 is 5.43 Å². The second-order valence-corrected chi connectivity index (χ2v) is 4.93. The largest absolute Gasteiger partial charge is 0.308 e. The Labute approximate surface area is 109 Å². The molecule has 2 aromatic heterocycles. The second kappa shape index (κ2) is 5.00. The van der Waals surface area contributed by atoms with Gasteiger partial charge in [-0.25, -0.2) is 15.8 Å². The first-order chi connectivity index (χ1) is 8.15. The lowest BCUT2D eigenvalue weighted by Crippen LogP contribution is -2.13. The van der Waals surface area contributed by atoms with E-state index in [1.807, 2.05) is 25.3 Å². The van der Waals surface area contributed by atoms with Crippen LogP contribution in [0.4, 0.5) is 5.82 Å². The number of anilines is 1. The normalized spacial score (nSPS) is 10.6. The van der Waals surface area contributed by atoms with Crippen molar-refractivity contribution in [3.8, 4) is 10.7 Å². The molecule has 2 rings (SSSR count). The van der Waals surface area contributed by atoms with E-state index >= 15 is 0 Å². The van der Waals surface area contributed by atoms with E-state index < -0.39 is 0 Å². The first-order valence-electron chi connectivity index (χ1n) is 5.24. The molecule has 0 saturated carbocycles. The fourth-order valence-electron chi connectivity index (χ4n) is 1.68. The van der Waals surface area contributed by atoms with Gasteiger partial charge in [-0.2, -0.15) is 0 Å². The number of nitrogens with two attached hydrogens (primary N) is 1. The lowest BCUT2D eigenvalue weighted by Gasteiger charge is -2.10. The Hall–Kier alpha value is -1.17. The van der Waals surface area contributed by atoms with Crippen molar-refractivity contribution in [2.24, 2.45) is 5.84 Å². The quantitative estimate of drug-likeness (QED) is 0.663. The van der Waals surface area contributed by atoms with E-state index in [2.05, 4.69) is 15.4 Å². The van der Waals surface area contributed by atoms with Crippen LogP contribution in [0.25, 0.3) is 10.7 Å². The molecule has 90 valence electrons. The lowest BCUT2D eigenvalue weighted by atomic mass is 10.1. The first-order valence-corrected chi connectivity index (χ1v) is 6.50. The van der Waals surface area contributed by atoms with Crippen molar-refractivity contribution < 1.29 is 0 Å². The molecule has 0 aliphatic heterocycles. The summed E-state index contributed by atoms with van der Waals surface area (Å²) in [5.41, 5.74) is 4.61. The van der Waals surface area contributed by atoms with Gasteiger partial charge in [0.25, 0.3) is 0 Å². The third-order valence-electron chi connectivity index (χ3n) is 2.49. The van der Waals surface area contributed by atoms with Gasteiger partial charge in [-0.05, 0) is 19.4 Å². The third kappa shape index (κ3) is 2.41. The standard InChI is InChI=1S/C11H13ClN4S/c1-3-8-6(2)14-11(15-10(8)16-13)9-4-7(12)5-17-9/h4-5H,3,13H2,1-2H3,(H,14,15,16). The zero-order valence-electron chi connectivity index (χ0n) is 9.62. The van der Waals surface area contributed by atoms with E-state index in [1.54, 1.807) is 0 Å². The highest BCUT2D eigenvalue weighted by molar-refractivity contribution is 7.14. The monoisotopic (exact) mass is 268 g/mol. The van der Waals surface area contributed by atoms with Crippen LogP contribution in [0.15, 0.2) is 11.4 Å². The minimum absolute atomic E-state index is 0.657. The Balaban J connectivity index is 2.53. The molecule has 0 amide bonds. The molecule has 2 aromatic rings. The van der Waals surface area contributed by atoms with Crippen LogP contribution in [0, 0.1) is 6.92 Å². The molecule has 0 radical (unpaired) electrons. The Morgan fingerprint density at radius 1 is 1.47 bits per heavy atom. The van der Waals surface area contributed by atoms with Gasteiger partial charge in [0.2, 0.25) is 0 Å². The van der Waals surface area contributed by atoms with Gasteiger partial charge in [0.15, 0.2) is 5.82 Å². The maximum Gasteiger partial charge on any atom is 0.171 e. The van der Waals surface area contributed by atoms with Crippen LogP contribution in [0.1, 0.15) is 18.2 Å². The summed E-state index contributed by atoms with van der Waals surface area (Å²) in [6.07, 6.45) is 0.844. The predicted octanol–water partition coefficient (Wildman–Crippen LogP) is 3.01. The van der Waals surface area contributed by atoms with Gasteiger partial charge >= 0.3 is 0 Å². The Morgan fingerprint density at radius 3 is 2.76 bits per heavy atom. The Kier molecular flexibility index (Phi) is 3.61. The molecular weight excluding hydrogens is 256 g/mol. The molecule has 0 aliphatic carbocycles. The number of nitrogen functional groups attached to an aromatic ring is 1. The van der Waals surface area contributed by atoms with Crippen molar-refractivity contribution >= 4 is 28.8 Å². The molecule has 4 nitrogen and oxygen atoms in total. The zero-order chi connectivity index (χ0) is 12.4. The number of thiophene rings is 1. The van der Waals surface area contributed by atoms with Crippen LogP contribution in [0.3, 0.4) is 0 Å². The number of aryl methyl sites for hydroxylation is 1. The van der Waals surface area contributed by atoms with Crippen LogP contribution in [0.5, 0.6) is 0 Å². The summed E-state index contributed by atoms with van der Waals surface area (Å²) < 4.78 is 0. The van der Waals surface area contributed by atoms with Gasteiger partial charge in [-0.1, -0.05) is 18.5 Å². The maximum absolute atomic E-state index is 5.90. The third-order valence-corrected chi connectivity index (χ3v) is 3.77. The minimum atomic E-state index is 0.657. The van der Waals surface area contributed by atoms with E-state index in [4.69, 9.17) is 17.4 Å². The molecule has 0 atom stereocenters. The summed E-state index contributed by atoms with van der Waals surface area (Å²) in [6.45, 7) is 4.01. The van der Waals surface area contributed by atoms with Crippen molar-refractivity contribution in [2.45, 2.75) is 20.3 Å². The average Bonchev–Trinajstić information content (AvgIpc) is 2.74. The number of nitrogens with zero attached hydrogens (tertiary/aromatic N) is 2. The van der Waals surface area contributed by atoms with Crippen molar-refractivity contribution in [1.82, 2.24) is 9.97 Å². The van der Waals surface area contributed by atoms with E-state index in [0.29, 0.717) is 16.7 Å². The Bertz CT molecular complexity index is 538. The molecule has 17 heavy (non-hydrogen) atoms. The maximum atomic E-state index is 5.90. The first kappa shape index (κ1) is 12.3. The van der Waals surface area contributed by atoms with E-state index in [-0.39, 0.29) is 0 Å². The summed E-state index contributed by atoms with van der Waals surface area (Å²) in [5, 5.41) is 2.56. The molecule has 0 aliphatic rings. The average molecular weight is 269 g/mol. The fraction of sp³-hybridized carbons (Fsp3) is 0.273. The van der Waals surface area contributed by atoms with E-state index in [9.17, 15) is 0 Å². The molecule has 2 heterocycles. The molecule has 0 aromatic carbocycles. The SMILES string of the molecule is CCc1c(C)nc(-c2cc(Cl)cs2)nc1NN. The molecular formula is C11H13ClN4S. The van der Waals surface area contributed by atoms with Crippen molar-refractivity contribution in [3.05, 3.63) is 27.7 Å². The highest BCUT2D eigenvalue weighted by Gasteiger charge is 2.12. The molecule has 6 heteroatoms. The van der Waals surface area contributed by atoms with Crippen LogP contribution < -0.4 is 11.3 Å². The number of nitrogens with one attached hydrogen (secondary N) is 1. The second-order valence-electron chi connectivity index (χ2n) is 3.59. The minimum Gasteiger partial charge on any atom is -0.308 e. The van der Waals surface area contributed by atoms with Crippen LogP contribution in [-0.2, 0) is 6.42 Å². The van der Waals surface area contributed by atoms with Gasteiger partial charge in [-0.3, -0.25) is 0 Å². The fourth-order valence-corrected chi connectivity index (χ4v) is 2.69. The zero-order valence-corrected chi connectivity index (χ0v) is 11.2. The predicted molar refractivity (Wildman–Crippen MR) is 72.3 cm³/mol. The van der Waals surface area contributed by atoms with E-state index in [1.165, 1.54) is 11.3 Å². The highest BCUT2D eigenvalue weighted by atomic mass is 35.5. The molecule has 0 bridgehead atoms. The van der Waals surface area contributed by atoms with Crippen molar-refractivity contribution in [1.29, 1.82) is 0 Å². The summed E-state index contributed by atoms with van der Waals surface area (Å²) >= 11 is 7.42. The smallest absolute Gasteiger partial charge is 0.171 e. The number of hydrogen-bond donors (Lipinski definition) is 2. The lowest BCUT2D eigenvalue weighted by molar-refractivity contribution is 0.997. The van der Waals surface area contributed by atoms with Gasteiger partial charge in [0, 0.05) is 16.6 Å². The molecule has 0 fully saturated rings. The van der Waals surface area contributed by atoms with Gasteiger partial charge in [-0.15, -0.1) is 11.3 Å². The number of hydrazine groups is 1. The topological polar surface area (TPSA) is 63.8 Å².